The van der Waals surface area contributed by atoms with Gasteiger partial charge in [-0.2, -0.15) is 0 Å². The second-order valence-electron chi connectivity index (χ2n) is 6.96. The Balaban J connectivity index is 1.60. The normalized spacial score (nSPS) is 15.2. The van der Waals surface area contributed by atoms with E-state index in [1.807, 2.05) is 61.5 Å². The number of nitrogens with two attached hydrogens (primary N) is 1. The number of carbonyl (C=O) groups excluding carboxylic acids is 2. The first-order valence-electron chi connectivity index (χ1n) is 9.72. The van der Waals surface area contributed by atoms with Gasteiger partial charge in [0, 0.05) is 17.9 Å². The number of hydrogen-bond acceptors (Lipinski definition) is 6. The van der Waals surface area contributed by atoms with Crippen molar-refractivity contribution in [1.29, 1.82) is 0 Å². The Kier molecular flexibility index (Phi) is 5.72. The number of nitrogens with one attached hydrogen (secondary N) is 1. The lowest BCUT2D eigenvalue weighted by Crippen LogP contribution is -2.22. The molecule has 6 nitrogen and oxygen atoms in total. The quantitative estimate of drug-likeness (QED) is 0.568. The predicted octanol–water partition coefficient (Wildman–Crippen LogP) is 4.56. The van der Waals surface area contributed by atoms with Crippen molar-refractivity contribution in [3.63, 3.8) is 0 Å². The fourth-order valence-corrected chi connectivity index (χ4v) is 4.64. The molecule has 0 bridgehead atoms. The number of thiophene rings is 1. The van der Waals surface area contributed by atoms with Crippen molar-refractivity contribution in [3.8, 4) is 5.75 Å². The van der Waals surface area contributed by atoms with Crippen molar-refractivity contribution in [3.05, 3.63) is 76.2 Å². The van der Waals surface area contributed by atoms with E-state index >= 15 is 0 Å². The smallest absolute Gasteiger partial charge is 0.350 e. The summed E-state index contributed by atoms with van der Waals surface area (Å²) in [5.74, 6) is -0.0520. The van der Waals surface area contributed by atoms with E-state index in [0.29, 0.717) is 22.2 Å². The average Bonchev–Trinajstić information content (AvgIpc) is 3.09. The van der Waals surface area contributed by atoms with Crippen LogP contribution in [0.2, 0.25) is 0 Å². The number of fused-ring (bicyclic) bond motifs is 1. The lowest BCUT2D eigenvalue weighted by Gasteiger charge is -2.24. The average molecular weight is 423 g/mol. The summed E-state index contributed by atoms with van der Waals surface area (Å²) in [6, 6.07) is 17.1. The Morgan fingerprint density at radius 3 is 2.60 bits per heavy atom. The maximum atomic E-state index is 12.7. The molecule has 0 spiro atoms. The Labute approximate surface area is 178 Å². The van der Waals surface area contributed by atoms with Crippen molar-refractivity contribution in [1.82, 2.24) is 0 Å². The topological polar surface area (TPSA) is 90.6 Å². The van der Waals surface area contributed by atoms with Crippen LogP contribution in [-0.4, -0.2) is 18.5 Å². The molecule has 0 radical (unpaired) electrons. The van der Waals surface area contributed by atoms with E-state index in [-0.39, 0.29) is 24.9 Å². The summed E-state index contributed by atoms with van der Waals surface area (Å²) in [5.41, 5.74) is 9.36. The minimum Gasteiger partial charge on any atom is -0.494 e. The predicted molar refractivity (Wildman–Crippen MR) is 117 cm³/mol. The van der Waals surface area contributed by atoms with Crippen molar-refractivity contribution in [2.24, 2.45) is 0 Å². The molecule has 154 valence electrons. The highest BCUT2D eigenvalue weighted by molar-refractivity contribution is 7.19. The Bertz CT molecular complexity index is 1060. The van der Waals surface area contributed by atoms with Crippen LogP contribution in [0.4, 0.5) is 10.7 Å². The molecule has 1 aromatic heterocycles. The van der Waals surface area contributed by atoms with Crippen LogP contribution in [0.5, 0.6) is 5.75 Å². The van der Waals surface area contributed by atoms with Crippen LogP contribution in [0.3, 0.4) is 0 Å². The highest BCUT2D eigenvalue weighted by atomic mass is 32.1. The van der Waals surface area contributed by atoms with E-state index in [0.717, 1.165) is 33.8 Å². The number of ether oxygens (including phenoxy) is 2. The first-order chi connectivity index (χ1) is 14.6. The highest BCUT2D eigenvalue weighted by Crippen LogP contribution is 2.47. The van der Waals surface area contributed by atoms with Crippen LogP contribution in [0.25, 0.3) is 0 Å². The van der Waals surface area contributed by atoms with E-state index in [2.05, 4.69) is 5.32 Å². The monoisotopic (exact) mass is 422 g/mol. The lowest BCUT2D eigenvalue weighted by molar-refractivity contribution is -0.116. The first-order valence-corrected chi connectivity index (χ1v) is 10.5. The number of hydrogen-bond donors (Lipinski definition) is 2. The minimum absolute atomic E-state index is 0.105. The lowest BCUT2D eigenvalue weighted by atomic mass is 9.86. The number of rotatable bonds is 6. The van der Waals surface area contributed by atoms with Crippen molar-refractivity contribution >= 4 is 33.9 Å². The van der Waals surface area contributed by atoms with E-state index < -0.39 is 5.97 Å². The summed E-state index contributed by atoms with van der Waals surface area (Å²) in [4.78, 5) is 25.3. The summed E-state index contributed by atoms with van der Waals surface area (Å²) in [6.45, 7) is 2.67. The fraction of sp³-hybridized carbons (Fsp3) is 0.217. The largest absolute Gasteiger partial charge is 0.494 e. The van der Waals surface area contributed by atoms with Crippen molar-refractivity contribution in [2.75, 3.05) is 17.7 Å². The van der Waals surface area contributed by atoms with Crippen LogP contribution < -0.4 is 15.8 Å². The highest BCUT2D eigenvalue weighted by Gasteiger charge is 2.34. The fourth-order valence-electron chi connectivity index (χ4n) is 3.55. The van der Waals surface area contributed by atoms with Gasteiger partial charge in [-0.25, -0.2) is 4.79 Å². The molecule has 1 aliphatic rings. The Hall–Kier alpha value is -3.32. The van der Waals surface area contributed by atoms with Crippen molar-refractivity contribution in [2.45, 2.75) is 25.9 Å². The van der Waals surface area contributed by atoms with Crippen LogP contribution in [0.15, 0.2) is 54.6 Å². The van der Waals surface area contributed by atoms with Gasteiger partial charge in [0.25, 0.3) is 0 Å². The van der Waals surface area contributed by atoms with Gasteiger partial charge in [0.1, 0.15) is 22.2 Å². The zero-order chi connectivity index (χ0) is 21.1. The molecule has 0 fully saturated rings. The summed E-state index contributed by atoms with van der Waals surface area (Å²) in [7, 11) is 0. The second-order valence-corrected chi connectivity index (χ2v) is 7.98. The molecule has 1 amide bonds. The van der Waals surface area contributed by atoms with Gasteiger partial charge >= 0.3 is 5.97 Å². The standard InChI is InChI=1S/C23H22N2O4S/c1-2-28-16-10-8-15(9-11-16)17-12-18(26)25-22-19(17)20(24)21(30-22)23(27)29-13-14-6-4-3-5-7-14/h3-11,17H,2,12-13,24H2,1H3,(H,25,26)/t17-/m0/s1. The molecule has 4 rings (SSSR count). The van der Waals surface area contributed by atoms with Gasteiger partial charge in [0.2, 0.25) is 5.91 Å². The van der Waals surface area contributed by atoms with Crippen LogP contribution in [-0.2, 0) is 16.1 Å². The molecule has 0 aliphatic carbocycles. The van der Waals surface area contributed by atoms with Gasteiger partial charge in [0.05, 0.1) is 12.3 Å². The van der Waals surface area contributed by atoms with Gasteiger partial charge in [-0.15, -0.1) is 11.3 Å². The maximum absolute atomic E-state index is 12.7. The summed E-state index contributed by atoms with van der Waals surface area (Å²) < 4.78 is 10.9. The maximum Gasteiger partial charge on any atom is 0.350 e. The molecular formula is C23H22N2O4S. The van der Waals surface area contributed by atoms with E-state index in [9.17, 15) is 9.59 Å². The van der Waals surface area contributed by atoms with E-state index in [4.69, 9.17) is 15.2 Å². The van der Waals surface area contributed by atoms with Crippen LogP contribution >= 0.6 is 11.3 Å². The van der Waals surface area contributed by atoms with E-state index in [1.165, 1.54) is 0 Å². The summed E-state index contributed by atoms with van der Waals surface area (Å²) in [5, 5.41) is 3.45. The molecule has 3 aromatic rings. The summed E-state index contributed by atoms with van der Waals surface area (Å²) in [6.07, 6.45) is 0.264. The number of anilines is 2. The molecule has 0 saturated heterocycles. The third kappa shape index (κ3) is 4.02. The number of benzene rings is 2. The molecular weight excluding hydrogens is 400 g/mol. The van der Waals surface area contributed by atoms with Gasteiger partial charge < -0.3 is 20.5 Å². The Morgan fingerprint density at radius 2 is 1.90 bits per heavy atom. The molecule has 2 aromatic carbocycles. The third-order valence-corrected chi connectivity index (χ3v) is 6.08. The Morgan fingerprint density at radius 1 is 1.17 bits per heavy atom. The van der Waals surface area contributed by atoms with Crippen molar-refractivity contribution < 1.29 is 19.1 Å². The zero-order valence-corrected chi connectivity index (χ0v) is 17.3. The molecule has 2 heterocycles. The number of esters is 1. The molecule has 0 saturated carbocycles. The molecule has 0 unspecified atom stereocenters. The molecule has 3 N–H and O–H groups in total. The zero-order valence-electron chi connectivity index (χ0n) is 16.5. The van der Waals surface area contributed by atoms with Gasteiger partial charge in [0.15, 0.2) is 0 Å². The molecule has 30 heavy (non-hydrogen) atoms. The molecule has 7 heteroatoms. The van der Waals surface area contributed by atoms with E-state index in [1.54, 1.807) is 0 Å². The molecule has 1 atom stereocenters. The number of amides is 1. The minimum atomic E-state index is -0.490. The number of carbonyl (C=O) groups is 2. The van der Waals surface area contributed by atoms with Crippen LogP contribution in [0, 0.1) is 0 Å². The SMILES string of the molecule is CCOc1ccc([C@@H]2CC(=O)Nc3sc(C(=O)OCc4ccccc4)c(N)c32)cc1. The van der Waals surface area contributed by atoms with Gasteiger partial charge in [-0.1, -0.05) is 42.5 Å². The van der Waals surface area contributed by atoms with Gasteiger partial charge in [-0.05, 0) is 30.2 Å². The molecule has 1 aliphatic heterocycles. The van der Waals surface area contributed by atoms with Crippen LogP contribution in [0.1, 0.15) is 45.6 Å². The van der Waals surface area contributed by atoms with Gasteiger partial charge in [-0.3, -0.25) is 4.79 Å². The second kappa shape index (κ2) is 8.59. The number of nitrogen functional groups attached to an aromatic ring is 1. The summed E-state index contributed by atoms with van der Waals surface area (Å²) >= 11 is 1.16. The first kappa shape index (κ1) is 20.0. The third-order valence-electron chi connectivity index (χ3n) is 4.97.